The molecule has 1 unspecified atom stereocenters. The van der Waals surface area contributed by atoms with Gasteiger partial charge in [0.25, 0.3) is 0 Å². The van der Waals surface area contributed by atoms with Crippen molar-refractivity contribution in [1.29, 1.82) is 0 Å². The Hall–Kier alpha value is -2.53. The number of amides is 2. The summed E-state index contributed by atoms with van der Waals surface area (Å²) in [4.78, 5) is 19.3. The van der Waals surface area contributed by atoms with Gasteiger partial charge in [-0.1, -0.05) is 30.3 Å². The lowest BCUT2D eigenvalue weighted by molar-refractivity contribution is 0.194. The van der Waals surface area contributed by atoms with Crippen molar-refractivity contribution in [2.45, 2.75) is 31.2 Å². The third kappa shape index (κ3) is 4.73. The molecule has 0 aliphatic carbocycles. The zero-order valence-electron chi connectivity index (χ0n) is 17.6. The Kier molecular flexibility index (Phi) is 6.05. The molecule has 0 bridgehead atoms. The molecule has 0 radical (unpaired) electrons. The number of hydrogen-bond acceptors (Lipinski definition) is 3. The van der Waals surface area contributed by atoms with Gasteiger partial charge in [0.15, 0.2) is 0 Å². The van der Waals surface area contributed by atoms with Crippen LogP contribution in [-0.4, -0.2) is 62.1 Å². The molecule has 2 aliphatic rings. The molecule has 4 rings (SSSR count). The Morgan fingerprint density at radius 1 is 0.931 bits per heavy atom. The van der Waals surface area contributed by atoms with Gasteiger partial charge < -0.3 is 20.0 Å². The van der Waals surface area contributed by atoms with E-state index in [1.807, 2.05) is 17.0 Å². The number of nitrogens with one attached hydrogen (secondary N) is 1. The fraction of sp³-hybridized carbons (Fsp3) is 0.458. The molecule has 2 aromatic rings. The molecule has 2 heterocycles. The molecule has 154 valence electrons. The molecule has 2 fully saturated rings. The van der Waals surface area contributed by atoms with Crippen LogP contribution in [0.4, 0.5) is 16.2 Å². The maximum Gasteiger partial charge on any atom is 0.321 e. The summed E-state index contributed by atoms with van der Waals surface area (Å²) in [6, 6.07) is 19.6. The van der Waals surface area contributed by atoms with Gasteiger partial charge >= 0.3 is 6.03 Å². The lowest BCUT2D eigenvalue weighted by Gasteiger charge is -2.32. The summed E-state index contributed by atoms with van der Waals surface area (Å²) in [5.74, 6) is 0.561. The Balaban J connectivity index is 1.28. The molecular formula is C24H32N4O. The molecule has 2 aromatic carbocycles. The highest BCUT2D eigenvalue weighted by Crippen LogP contribution is 2.28. The maximum atomic E-state index is 12.7. The lowest BCUT2D eigenvalue weighted by atomic mass is 9.90. The second-order valence-corrected chi connectivity index (χ2v) is 8.50. The monoisotopic (exact) mass is 392 g/mol. The number of piperidine rings is 1. The van der Waals surface area contributed by atoms with Crippen molar-refractivity contribution in [3.63, 3.8) is 0 Å². The van der Waals surface area contributed by atoms with E-state index in [2.05, 4.69) is 71.7 Å². The second kappa shape index (κ2) is 8.87. The molecule has 0 aromatic heterocycles. The molecule has 5 heteroatoms. The largest absolute Gasteiger partial charge is 0.370 e. The van der Waals surface area contributed by atoms with E-state index >= 15 is 0 Å². The van der Waals surface area contributed by atoms with Gasteiger partial charge in [0, 0.05) is 43.6 Å². The predicted molar refractivity (Wildman–Crippen MR) is 120 cm³/mol. The number of likely N-dealkylation sites (tertiary alicyclic amines) is 1. The minimum atomic E-state index is 0.0121. The molecule has 29 heavy (non-hydrogen) atoms. The number of anilines is 2. The average molecular weight is 393 g/mol. The topological polar surface area (TPSA) is 38.8 Å². The van der Waals surface area contributed by atoms with Gasteiger partial charge in [-0.3, -0.25) is 0 Å². The van der Waals surface area contributed by atoms with Crippen LogP contribution in [0.2, 0.25) is 0 Å². The Bertz CT molecular complexity index is 797. The quantitative estimate of drug-likeness (QED) is 0.846. The molecule has 2 amide bonds. The van der Waals surface area contributed by atoms with E-state index in [1.54, 1.807) is 0 Å². The average Bonchev–Trinajstić information content (AvgIpc) is 3.26. The molecule has 2 aliphatic heterocycles. The summed E-state index contributed by atoms with van der Waals surface area (Å²) < 4.78 is 0. The molecule has 5 nitrogen and oxygen atoms in total. The smallest absolute Gasteiger partial charge is 0.321 e. The van der Waals surface area contributed by atoms with Crippen molar-refractivity contribution >= 4 is 17.4 Å². The number of nitrogens with zero attached hydrogens (tertiary/aromatic N) is 3. The number of carbonyl (C=O) groups excluding carboxylic acids is 1. The van der Waals surface area contributed by atoms with Gasteiger partial charge in [0.2, 0.25) is 0 Å². The maximum absolute atomic E-state index is 12.7. The van der Waals surface area contributed by atoms with Gasteiger partial charge in [-0.2, -0.15) is 0 Å². The third-order valence-electron chi connectivity index (χ3n) is 6.43. The Morgan fingerprint density at radius 3 is 2.24 bits per heavy atom. The van der Waals surface area contributed by atoms with Crippen LogP contribution in [-0.2, 0) is 0 Å². The minimum Gasteiger partial charge on any atom is -0.370 e. The summed E-state index contributed by atoms with van der Waals surface area (Å²) >= 11 is 0. The van der Waals surface area contributed by atoms with Gasteiger partial charge in [0.1, 0.15) is 0 Å². The van der Waals surface area contributed by atoms with Gasteiger partial charge in [-0.25, -0.2) is 4.79 Å². The number of likely N-dealkylation sites (N-methyl/N-ethyl adjacent to an activating group) is 1. The van der Waals surface area contributed by atoms with Crippen LogP contribution in [0.3, 0.4) is 0 Å². The summed E-state index contributed by atoms with van der Waals surface area (Å²) in [6.07, 6.45) is 3.25. The van der Waals surface area contributed by atoms with Crippen molar-refractivity contribution in [1.82, 2.24) is 9.80 Å². The first-order valence-corrected chi connectivity index (χ1v) is 10.7. The highest BCUT2D eigenvalue weighted by molar-refractivity contribution is 5.89. The van der Waals surface area contributed by atoms with Crippen molar-refractivity contribution in [2.24, 2.45) is 0 Å². The normalized spacial score (nSPS) is 20.3. The molecule has 1 N–H and O–H groups in total. The van der Waals surface area contributed by atoms with Crippen LogP contribution >= 0.6 is 0 Å². The second-order valence-electron chi connectivity index (χ2n) is 8.50. The first-order valence-electron chi connectivity index (χ1n) is 10.7. The highest BCUT2D eigenvalue weighted by Gasteiger charge is 2.25. The summed E-state index contributed by atoms with van der Waals surface area (Å²) in [5.41, 5.74) is 3.49. The van der Waals surface area contributed by atoms with Gasteiger partial charge in [-0.05, 0) is 69.1 Å². The van der Waals surface area contributed by atoms with E-state index in [9.17, 15) is 4.79 Å². The lowest BCUT2D eigenvalue weighted by Crippen LogP contribution is -2.40. The molecule has 0 spiro atoms. The SMILES string of the molecule is CN(C)C1CCN(c2ccc(NC(=O)N3CCC(c4ccccc4)CC3)cc2)C1. The zero-order valence-corrected chi connectivity index (χ0v) is 17.6. The fourth-order valence-electron chi connectivity index (χ4n) is 4.50. The van der Waals surface area contributed by atoms with E-state index in [-0.39, 0.29) is 6.03 Å². The van der Waals surface area contributed by atoms with Crippen LogP contribution < -0.4 is 10.2 Å². The first kappa shape index (κ1) is 19.8. The number of hydrogen-bond donors (Lipinski definition) is 1. The summed E-state index contributed by atoms with van der Waals surface area (Å²) in [6.45, 7) is 3.77. The highest BCUT2D eigenvalue weighted by atomic mass is 16.2. The standard InChI is InChI=1S/C24H32N4O/c1-26(2)23-14-17-28(18-23)22-10-8-21(9-11-22)25-24(29)27-15-12-20(13-16-27)19-6-4-3-5-7-19/h3-11,20,23H,12-18H2,1-2H3,(H,25,29). The van der Waals surface area contributed by atoms with Crippen LogP contribution in [0.5, 0.6) is 0 Å². The number of rotatable bonds is 4. The Morgan fingerprint density at radius 2 is 1.62 bits per heavy atom. The molecular weight excluding hydrogens is 360 g/mol. The number of benzene rings is 2. The van der Waals surface area contributed by atoms with E-state index in [1.165, 1.54) is 17.7 Å². The van der Waals surface area contributed by atoms with Crippen LogP contribution in [0.15, 0.2) is 54.6 Å². The summed E-state index contributed by atoms with van der Waals surface area (Å²) in [7, 11) is 4.30. The summed E-state index contributed by atoms with van der Waals surface area (Å²) in [5, 5.41) is 3.07. The fourth-order valence-corrected chi connectivity index (χ4v) is 4.50. The Labute approximate surface area is 174 Å². The van der Waals surface area contributed by atoms with Crippen LogP contribution in [0, 0.1) is 0 Å². The van der Waals surface area contributed by atoms with Crippen molar-refractivity contribution in [2.75, 3.05) is 50.5 Å². The van der Waals surface area contributed by atoms with E-state index in [0.29, 0.717) is 12.0 Å². The van der Waals surface area contributed by atoms with Crippen LogP contribution in [0.25, 0.3) is 0 Å². The first-order chi connectivity index (χ1) is 14.1. The van der Waals surface area contributed by atoms with E-state index < -0.39 is 0 Å². The number of urea groups is 1. The molecule has 1 atom stereocenters. The van der Waals surface area contributed by atoms with Gasteiger partial charge in [0.05, 0.1) is 0 Å². The minimum absolute atomic E-state index is 0.0121. The van der Waals surface area contributed by atoms with Crippen molar-refractivity contribution in [3.8, 4) is 0 Å². The zero-order chi connectivity index (χ0) is 20.2. The van der Waals surface area contributed by atoms with E-state index in [4.69, 9.17) is 0 Å². The predicted octanol–water partition coefficient (Wildman–Crippen LogP) is 4.24. The third-order valence-corrected chi connectivity index (χ3v) is 6.43. The van der Waals surface area contributed by atoms with Crippen molar-refractivity contribution < 1.29 is 4.79 Å². The molecule has 2 saturated heterocycles. The van der Waals surface area contributed by atoms with E-state index in [0.717, 1.165) is 44.7 Å². The number of carbonyl (C=O) groups is 1. The van der Waals surface area contributed by atoms with Gasteiger partial charge in [-0.15, -0.1) is 0 Å². The van der Waals surface area contributed by atoms with Crippen molar-refractivity contribution in [3.05, 3.63) is 60.2 Å². The van der Waals surface area contributed by atoms with Crippen LogP contribution in [0.1, 0.15) is 30.7 Å². The molecule has 0 saturated carbocycles.